The van der Waals surface area contributed by atoms with Gasteiger partial charge in [0.25, 0.3) is 0 Å². The Hall–Kier alpha value is -1.52. The van der Waals surface area contributed by atoms with Crippen LogP contribution < -0.4 is 9.47 Å². The molecule has 0 bridgehead atoms. The fourth-order valence-corrected chi connectivity index (χ4v) is 2.42. The first-order chi connectivity index (χ1) is 9.97. The van der Waals surface area contributed by atoms with E-state index in [-0.39, 0.29) is 5.92 Å². The van der Waals surface area contributed by atoms with Crippen molar-refractivity contribution >= 4 is 23.2 Å². The summed E-state index contributed by atoms with van der Waals surface area (Å²) >= 11 is 12.5. The predicted molar refractivity (Wildman–Crippen MR) is 84.7 cm³/mol. The molecule has 1 heterocycles. The summed E-state index contributed by atoms with van der Waals surface area (Å²) in [6.07, 6.45) is 0. The first-order valence-electron chi connectivity index (χ1n) is 6.43. The van der Waals surface area contributed by atoms with Crippen molar-refractivity contribution in [3.05, 3.63) is 34.1 Å². The molecule has 0 aliphatic rings. The van der Waals surface area contributed by atoms with Crippen molar-refractivity contribution in [2.75, 3.05) is 14.2 Å². The van der Waals surface area contributed by atoms with E-state index in [2.05, 4.69) is 9.97 Å². The molecular formula is C15H16Cl2N2O2. The second-order valence-electron chi connectivity index (χ2n) is 4.76. The van der Waals surface area contributed by atoms with E-state index in [1.54, 1.807) is 25.3 Å². The van der Waals surface area contributed by atoms with Gasteiger partial charge in [-0.3, -0.25) is 0 Å². The molecule has 0 aliphatic carbocycles. The van der Waals surface area contributed by atoms with E-state index in [0.29, 0.717) is 33.1 Å². The van der Waals surface area contributed by atoms with Crippen LogP contribution in [0.5, 0.6) is 11.5 Å². The summed E-state index contributed by atoms with van der Waals surface area (Å²) in [6, 6.07) is 5.31. The first-order valence-corrected chi connectivity index (χ1v) is 7.18. The van der Waals surface area contributed by atoms with Crippen LogP contribution in [0, 0.1) is 0 Å². The lowest BCUT2D eigenvalue weighted by molar-refractivity contribution is 0.355. The summed E-state index contributed by atoms with van der Waals surface area (Å²) in [5.41, 5.74) is 1.51. The standard InChI is InChI=1S/C15H16Cl2N2O2/c1-8(2)10-7-12(16)19-15(18-10)9-5-6-11(20-3)14(21-4)13(9)17/h5-8H,1-4H3. The van der Waals surface area contributed by atoms with E-state index >= 15 is 0 Å². The molecule has 2 rings (SSSR count). The Kier molecular flexibility index (Phi) is 4.91. The average molecular weight is 327 g/mol. The SMILES string of the molecule is COc1ccc(-c2nc(Cl)cc(C(C)C)n2)c(Cl)c1OC. The second kappa shape index (κ2) is 6.50. The van der Waals surface area contributed by atoms with Crippen LogP contribution in [0.4, 0.5) is 0 Å². The summed E-state index contributed by atoms with van der Waals surface area (Å²) in [7, 11) is 3.09. The highest BCUT2D eigenvalue weighted by atomic mass is 35.5. The largest absolute Gasteiger partial charge is 0.493 e. The molecule has 0 saturated heterocycles. The number of benzene rings is 1. The number of aromatic nitrogens is 2. The Balaban J connectivity index is 2.62. The molecule has 0 aliphatic heterocycles. The van der Waals surface area contributed by atoms with E-state index in [1.165, 1.54) is 7.11 Å². The molecule has 0 radical (unpaired) electrons. The van der Waals surface area contributed by atoms with Crippen molar-refractivity contribution in [2.45, 2.75) is 19.8 Å². The molecule has 0 fully saturated rings. The van der Waals surface area contributed by atoms with E-state index in [0.717, 1.165) is 5.69 Å². The van der Waals surface area contributed by atoms with Gasteiger partial charge in [0.15, 0.2) is 17.3 Å². The number of hydrogen-bond donors (Lipinski definition) is 0. The first kappa shape index (κ1) is 15.9. The Bertz CT molecular complexity index is 660. The smallest absolute Gasteiger partial charge is 0.180 e. The Morgan fingerprint density at radius 3 is 2.33 bits per heavy atom. The molecule has 6 heteroatoms. The lowest BCUT2D eigenvalue weighted by Gasteiger charge is -2.13. The van der Waals surface area contributed by atoms with Crippen LogP contribution in [0.2, 0.25) is 10.2 Å². The van der Waals surface area contributed by atoms with E-state index < -0.39 is 0 Å². The molecule has 0 unspecified atom stereocenters. The van der Waals surface area contributed by atoms with Crippen LogP contribution >= 0.6 is 23.2 Å². The summed E-state index contributed by atoms with van der Waals surface area (Å²) in [6.45, 7) is 4.08. The molecule has 112 valence electrons. The lowest BCUT2D eigenvalue weighted by Crippen LogP contribution is -2.00. The van der Waals surface area contributed by atoms with Gasteiger partial charge < -0.3 is 9.47 Å². The van der Waals surface area contributed by atoms with E-state index in [9.17, 15) is 0 Å². The van der Waals surface area contributed by atoms with Crippen LogP contribution in [-0.2, 0) is 0 Å². The van der Waals surface area contributed by atoms with Gasteiger partial charge in [0.2, 0.25) is 0 Å². The maximum Gasteiger partial charge on any atom is 0.180 e. The van der Waals surface area contributed by atoms with Crippen LogP contribution in [0.3, 0.4) is 0 Å². The van der Waals surface area contributed by atoms with Crippen LogP contribution in [0.25, 0.3) is 11.4 Å². The van der Waals surface area contributed by atoms with Gasteiger partial charge in [-0.25, -0.2) is 9.97 Å². The summed E-state index contributed by atoms with van der Waals surface area (Å²) < 4.78 is 10.5. The molecule has 1 aromatic heterocycles. The van der Waals surface area contributed by atoms with Gasteiger partial charge in [0.1, 0.15) is 5.15 Å². The summed E-state index contributed by atoms with van der Waals surface area (Å²) in [5, 5.41) is 0.781. The van der Waals surface area contributed by atoms with Gasteiger partial charge in [-0.05, 0) is 24.1 Å². The highest BCUT2D eigenvalue weighted by Crippen LogP contribution is 2.41. The zero-order valence-electron chi connectivity index (χ0n) is 12.3. The van der Waals surface area contributed by atoms with Gasteiger partial charge in [-0.15, -0.1) is 0 Å². The maximum absolute atomic E-state index is 6.38. The third kappa shape index (κ3) is 3.22. The quantitative estimate of drug-likeness (QED) is 0.771. The van der Waals surface area contributed by atoms with Gasteiger partial charge in [0, 0.05) is 11.3 Å². The van der Waals surface area contributed by atoms with Crippen LogP contribution in [-0.4, -0.2) is 24.2 Å². The van der Waals surface area contributed by atoms with Gasteiger partial charge in [-0.2, -0.15) is 0 Å². The summed E-state index contributed by atoms with van der Waals surface area (Å²) in [5.74, 6) is 1.71. The monoisotopic (exact) mass is 326 g/mol. The van der Waals surface area contributed by atoms with Crippen molar-refractivity contribution in [2.24, 2.45) is 0 Å². The lowest BCUT2D eigenvalue weighted by atomic mass is 10.1. The molecule has 2 aromatic rings. The Morgan fingerprint density at radius 2 is 1.76 bits per heavy atom. The number of halogens is 2. The molecule has 0 amide bonds. The van der Waals surface area contributed by atoms with Crippen molar-refractivity contribution in [1.29, 1.82) is 0 Å². The molecule has 0 spiro atoms. The van der Waals surface area contributed by atoms with Crippen LogP contribution in [0.15, 0.2) is 18.2 Å². The number of nitrogens with zero attached hydrogens (tertiary/aromatic N) is 2. The minimum Gasteiger partial charge on any atom is -0.493 e. The molecule has 1 aromatic carbocycles. The Labute approximate surface area is 134 Å². The minimum absolute atomic E-state index is 0.239. The van der Waals surface area contributed by atoms with Gasteiger partial charge >= 0.3 is 0 Å². The van der Waals surface area contributed by atoms with Crippen molar-refractivity contribution < 1.29 is 9.47 Å². The van der Waals surface area contributed by atoms with Gasteiger partial charge in [0.05, 0.1) is 19.2 Å². The van der Waals surface area contributed by atoms with Crippen LogP contribution in [0.1, 0.15) is 25.5 Å². The number of hydrogen-bond acceptors (Lipinski definition) is 4. The van der Waals surface area contributed by atoms with Crippen molar-refractivity contribution in [3.63, 3.8) is 0 Å². The molecule has 0 atom stereocenters. The van der Waals surface area contributed by atoms with Gasteiger partial charge in [-0.1, -0.05) is 37.0 Å². The number of rotatable bonds is 4. The maximum atomic E-state index is 6.38. The predicted octanol–water partition coefficient (Wildman–Crippen LogP) is 4.59. The van der Waals surface area contributed by atoms with Crippen molar-refractivity contribution in [3.8, 4) is 22.9 Å². The van der Waals surface area contributed by atoms with E-state index in [4.69, 9.17) is 32.7 Å². The second-order valence-corrected chi connectivity index (χ2v) is 5.52. The zero-order chi connectivity index (χ0) is 15.6. The summed E-state index contributed by atoms with van der Waals surface area (Å²) in [4.78, 5) is 8.77. The normalized spacial score (nSPS) is 10.8. The highest BCUT2D eigenvalue weighted by molar-refractivity contribution is 6.35. The Morgan fingerprint density at radius 1 is 1.05 bits per heavy atom. The fraction of sp³-hybridized carbons (Fsp3) is 0.333. The fourth-order valence-electron chi connectivity index (χ4n) is 1.91. The third-order valence-corrected chi connectivity index (χ3v) is 3.60. The number of ether oxygens (including phenoxy) is 2. The molecule has 21 heavy (non-hydrogen) atoms. The highest BCUT2D eigenvalue weighted by Gasteiger charge is 2.17. The topological polar surface area (TPSA) is 44.2 Å². The molecule has 4 nitrogen and oxygen atoms in total. The minimum atomic E-state index is 0.239. The molecule has 0 N–H and O–H groups in total. The zero-order valence-corrected chi connectivity index (χ0v) is 13.8. The average Bonchev–Trinajstić information content (AvgIpc) is 2.45. The van der Waals surface area contributed by atoms with Crippen molar-refractivity contribution in [1.82, 2.24) is 9.97 Å². The third-order valence-electron chi connectivity index (χ3n) is 3.03. The van der Waals surface area contributed by atoms with E-state index in [1.807, 2.05) is 13.8 Å². The number of methoxy groups -OCH3 is 2. The molecule has 0 saturated carbocycles. The molecular weight excluding hydrogens is 311 g/mol.